The zero-order valence-electron chi connectivity index (χ0n) is 18.3. The maximum absolute atomic E-state index is 12.3. The molecule has 2 aromatic heterocycles. The van der Waals surface area contributed by atoms with Crippen molar-refractivity contribution in [2.45, 2.75) is 32.7 Å². The van der Waals surface area contributed by atoms with Crippen LogP contribution in [-0.2, 0) is 17.8 Å². The molecule has 0 aliphatic carbocycles. The molecule has 0 aliphatic rings. The highest BCUT2D eigenvalue weighted by molar-refractivity contribution is 7.12. The summed E-state index contributed by atoms with van der Waals surface area (Å²) in [5.41, 5.74) is 2.78. The van der Waals surface area contributed by atoms with Gasteiger partial charge in [-0.25, -0.2) is 4.98 Å². The van der Waals surface area contributed by atoms with E-state index in [0.717, 1.165) is 32.5 Å². The number of hydrogen-bond donors (Lipinski definition) is 1. The molecule has 0 unspecified atom stereocenters. The molecule has 2 heterocycles. The molecule has 0 atom stereocenters. The fourth-order valence-electron chi connectivity index (χ4n) is 3.28. The summed E-state index contributed by atoms with van der Waals surface area (Å²) in [6.45, 7) is 2.43. The smallest absolute Gasteiger partial charge is 0.226 e. The minimum Gasteiger partial charge on any atom is -0.497 e. The van der Waals surface area contributed by atoms with Crippen molar-refractivity contribution >= 4 is 28.8 Å². The lowest BCUT2D eigenvalue weighted by molar-refractivity contribution is -0.121. The number of thiazole rings is 1. The molecule has 2 aromatic carbocycles. The van der Waals surface area contributed by atoms with E-state index in [9.17, 15) is 4.79 Å². The van der Waals surface area contributed by atoms with Gasteiger partial charge in [0.05, 0.1) is 19.3 Å². The van der Waals surface area contributed by atoms with Crippen LogP contribution >= 0.6 is 22.9 Å². The number of rotatable bonds is 9. The van der Waals surface area contributed by atoms with E-state index < -0.39 is 0 Å². The lowest BCUT2D eigenvalue weighted by Crippen LogP contribution is -2.22. The summed E-state index contributed by atoms with van der Waals surface area (Å²) in [7, 11) is 1.62. The molecule has 33 heavy (non-hydrogen) atoms. The number of aromatic nitrogens is 3. The molecule has 0 fully saturated rings. The van der Waals surface area contributed by atoms with Crippen molar-refractivity contribution in [1.82, 2.24) is 20.4 Å². The van der Waals surface area contributed by atoms with Crippen LogP contribution in [0.1, 0.15) is 28.6 Å². The Labute approximate surface area is 200 Å². The maximum atomic E-state index is 12.3. The molecular weight excluding hydrogens is 460 g/mol. The van der Waals surface area contributed by atoms with E-state index in [4.69, 9.17) is 20.9 Å². The third-order valence-corrected chi connectivity index (χ3v) is 6.23. The van der Waals surface area contributed by atoms with Crippen LogP contribution in [-0.4, -0.2) is 28.1 Å². The molecule has 9 heteroatoms. The molecule has 1 N–H and O–H groups in total. The first kappa shape index (κ1) is 22.9. The van der Waals surface area contributed by atoms with Crippen LogP contribution in [0.2, 0.25) is 5.02 Å². The fourth-order valence-corrected chi connectivity index (χ4v) is 4.30. The first-order valence-corrected chi connectivity index (χ1v) is 11.7. The number of nitrogens with zero attached hydrogens (tertiary/aromatic N) is 3. The molecule has 0 saturated heterocycles. The van der Waals surface area contributed by atoms with Crippen molar-refractivity contribution in [3.8, 4) is 28.4 Å². The number of aryl methyl sites for hydroxylation is 2. The number of halogens is 1. The molecule has 4 aromatic rings. The summed E-state index contributed by atoms with van der Waals surface area (Å²) in [6, 6.07) is 15.0. The monoisotopic (exact) mass is 482 g/mol. The summed E-state index contributed by atoms with van der Waals surface area (Å²) in [6.07, 6.45) is 1.52. The van der Waals surface area contributed by atoms with Gasteiger partial charge in [-0.3, -0.25) is 4.79 Å². The van der Waals surface area contributed by atoms with Gasteiger partial charge < -0.3 is 14.6 Å². The number of methoxy groups -OCH3 is 1. The van der Waals surface area contributed by atoms with Gasteiger partial charge in [-0.2, -0.15) is 4.98 Å². The molecule has 0 bridgehead atoms. The van der Waals surface area contributed by atoms with Gasteiger partial charge in [-0.05, 0) is 49.7 Å². The zero-order valence-corrected chi connectivity index (χ0v) is 19.9. The van der Waals surface area contributed by atoms with Crippen molar-refractivity contribution in [1.29, 1.82) is 0 Å². The molecule has 170 valence electrons. The fraction of sp³-hybridized carbons (Fsp3) is 0.250. The first-order valence-electron chi connectivity index (χ1n) is 10.5. The molecule has 0 aliphatic heterocycles. The Balaban J connectivity index is 1.24. The molecule has 0 radical (unpaired) electrons. The minimum absolute atomic E-state index is 0.0363. The Bertz CT molecular complexity index is 1220. The Morgan fingerprint density at radius 2 is 1.82 bits per heavy atom. The molecule has 4 rings (SSSR count). The second-order valence-electron chi connectivity index (χ2n) is 7.39. The second-order valence-corrected chi connectivity index (χ2v) is 9.11. The van der Waals surface area contributed by atoms with E-state index in [1.165, 1.54) is 0 Å². The van der Waals surface area contributed by atoms with E-state index in [1.807, 2.05) is 55.5 Å². The van der Waals surface area contributed by atoms with Crippen LogP contribution in [0.15, 0.2) is 53.1 Å². The van der Waals surface area contributed by atoms with Crippen molar-refractivity contribution in [3.05, 3.63) is 69.3 Å². The summed E-state index contributed by atoms with van der Waals surface area (Å²) < 4.78 is 10.5. The van der Waals surface area contributed by atoms with Crippen molar-refractivity contribution in [3.63, 3.8) is 0 Å². The lowest BCUT2D eigenvalue weighted by Gasteiger charge is -2.02. The van der Waals surface area contributed by atoms with Crippen LogP contribution in [0.5, 0.6) is 5.75 Å². The number of hydrogen-bond acceptors (Lipinski definition) is 7. The number of ether oxygens (including phenoxy) is 1. The average molecular weight is 483 g/mol. The van der Waals surface area contributed by atoms with Gasteiger partial charge in [0.2, 0.25) is 17.6 Å². The van der Waals surface area contributed by atoms with Gasteiger partial charge >= 0.3 is 0 Å². The quantitative estimate of drug-likeness (QED) is 0.340. The SMILES string of the molecule is COc1ccc(-c2noc(CCCC(=O)NCc3nc(-c4ccc(Cl)cc4)c(C)s3)n2)cc1. The average Bonchev–Trinajstić information content (AvgIpc) is 3.45. The largest absolute Gasteiger partial charge is 0.497 e. The third-order valence-electron chi connectivity index (χ3n) is 5.01. The van der Waals surface area contributed by atoms with Gasteiger partial charge in [0, 0.05) is 33.9 Å². The molecular formula is C24H23ClN4O3S. The van der Waals surface area contributed by atoms with Crippen molar-refractivity contribution < 1.29 is 14.1 Å². The lowest BCUT2D eigenvalue weighted by atomic mass is 10.1. The normalized spacial score (nSPS) is 10.9. The topological polar surface area (TPSA) is 90.1 Å². The Kier molecular flexibility index (Phi) is 7.36. The molecule has 0 spiro atoms. The van der Waals surface area contributed by atoms with E-state index in [-0.39, 0.29) is 5.91 Å². The van der Waals surface area contributed by atoms with E-state index >= 15 is 0 Å². The number of carbonyl (C=O) groups excluding carboxylic acids is 1. The Morgan fingerprint density at radius 3 is 2.55 bits per heavy atom. The van der Waals surface area contributed by atoms with E-state index in [0.29, 0.717) is 42.5 Å². The molecule has 1 amide bonds. The second kappa shape index (κ2) is 10.6. The number of benzene rings is 2. The van der Waals surface area contributed by atoms with E-state index in [2.05, 4.69) is 20.4 Å². The van der Waals surface area contributed by atoms with Crippen LogP contribution < -0.4 is 10.1 Å². The van der Waals surface area contributed by atoms with Gasteiger partial charge in [0.1, 0.15) is 10.8 Å². The summed E-state index contributed by atoms with van der Waals surface area (Å²) >= 11 is 7.55. The highest BCUT2D eigenvalue weighted by Gasteiger charge is 2.12. The highest BCUT2D eigenvalue weighted by Crippen LogP contribution is 2.28. The predicted molar refractivity (Wildman–Crippen MR) is 128 cm³/mol. The van der Waals surface area contributed by atoms with Gasteiger partial charge in [-0.15, -0.1) is 11.3 Å². The highest BCUT2D eigenvalue weighted by atomic mass is 35.5. The Morgan fingerprint density at radius 1 is 1.09 bits per heavy atom. The Hall–Kier alpha value is -3.23. The minimum atomic E-state index is -0.0363. The van der Waals surface area contributed by atoms with Crippen LogP contribution in [0.4, 0.5) is 0 Å². The number of amides is 1. The number of nitrogens with one attached hydrogen (secondary N) is 1. The van der Waals surface area contributed by atoms with Crippen molar-refractivity contribution in [2.24, 2.45) is 0 Å². The van der Waals surface area contributed by atoms with Gasteiger partial charge in [0.25, 0.3) is 0 Å². The zero-order chi connectivity index (χ0) is 23.2. The molecule has 7 nitrogen and oxygen atoms in total. The van der Waals surface area contributed by atoms with Crippen LogP contribution in [0, 0.1) is 6.92 Å². The molecule has 0 saturated carbocycles. The van der Waals surface area contributed by atoms with Crippen molar-refractivity contribution in [2.75, 3.05) is 7.11 Å². The summed E-state index contributed by atoms with van der Waals surface area (Å²) in [5, 5.41) is 8.51. The third kappa shape index (κ3) is 5.97. The summed E-state index contributed by atoms with van der Waals surface area (Å²) in [4.78, 5) is 22.4. The van der Waals surface area contributed by atoms with Gasteiger partial charge in [0.15, 0.2) is 0 Å². The number of carbonyl (C=O) groups is 1. The van der Waals surface area contributed by atoms with Crippen LogP contribution in [0.25, 0.3) is 22.6 Å². The first-order chi connectivity index (χ1) is 16.0. The summed E-state index contributed by atoms with van der Waals surface area (Å²) in [5.74, 6) is 1.76. The predicted octanol–water partition coefficient (Wildman–Crippen LogP) is 5.47. The standard InChI is InChI=1S/C24H23ClN4O3S/c1-15-23(16-6-10-18(25)11-7-16)28-22(33-15)14-26-20(30)4-3-5-21-27-24(29-32-21)17-8-12-19(31-2)13-9-17/h6-13H,3-5,14H2,1-2H3,(H,26,30). The van der Waals surface area contributed by atoms with Crippen LogP contribution in [0.3, 0.4) is 0 Å². The van der Waals surface area contributed by atoms with Gasteiger partial charge in [-0.1, -0.05) is 28.9 Å². The maximum Gasteiger partial charge on any atom is 0.226 e. The van der Waals surface area contributed by atoms with E-state index in [1.54, 1.807) is 18.4 Å².